The number of nitrogens with zero attached hydrogens (tertiary/aromatic N) is 4. The molecule has 2 heterocycles. The Kier molecular flexibility index (Phi) is 7.88. The van der Waals surface area contributed by atoms with Crippen LogP contribution in [0.4, 0.5) is 5.69 Å². The number of nitrogens with one attached hydrogen (secondary N) is 1. The molecule has 1 N–H and O–H groups in total. The fourth-order valence-corrected chi connectivity index (χ4v) is 4.97. The quantitative estimate of drug-likeness (QED) is 0.170. The summed E-state index contributed by atoms with van der Waals surface area (Å²) in [4.78, 5) is 17.7. The monoisotopic (exact) mass is 537 g/mol. The van der Waals surface area contributed by atoms with Gasteiger partial charge in [0.15, 0.2) is 11.0 Å². The fraction of sp³-hybridized carbons (Fsp3) is 0.133. The van der Waals surface area contributed by atoms with E-state index in [2.05, 4.69) is 22.1 Å². The molecule has 0 bridgehead atoms. The molecular weight excluding hydrogens is 510 g/mol. The number of hydrogen-bond donors (Lipinski definition) is 1. The normalized spacial score (nSPS) is 10.8. The maximum atomic E-state index is 12.8. The molecule has 8 nitrogen and oxygen atoms in total. The van der Waals surface area contributed by atoms with E-state index in [1.165, 1.54) is 11.8 Å². The number of anilines is 1. The molecule has 196 valence electrons. The average Bonchev–Trinajstić information content (AvgIpc) is 3.38. The number of pyridine rings is 1. The molecule has 3 aromatic carbocycles. The third kappa shape index (κ3) is 5.63. The first kappa shape index (κ1) is 26.0. The third-order valence-corrected chi connectivity index (χ3v) is 7.04. The van der Waals surface area contributed by atoms with Crippen LogP contribution in [0, 0.1) is 0 Å². The molecule has 5 rings (SSSR count). The van der Waals surface area contributed by atoms with Crippen molar-refractivity contribution in [3.63, 3.8) is 0 Å². The summed E-state index contributed by atoms with van der Waals surface area (Å²) in [6.07, 6.45) is 1.79. The molecular formula is C30H27N5O3S. The summed E-state index contributed by atoms with van der Waals surface area (Å²) in [5.41, 5.74) is 4.20. The lowest BCUT2D eigenvalue weighted by atomic mass is 10.0. The molecule has 0 saturated heterocycles. The highest BCUT2D eigenvalue weighted by Crippen LogP contribution is 2.33. The molecule has 39 heavy (non-hydrogen) atoms. The predicted molar refractivity (Wildman–Crippen MR) is 155 cm³/mol. The van der Waals surface area contributed by atoms with Gasteiger partial charge in [0.1, 0.15) is 11.5 Å². The van der Waals surface area contributed by atoms with Crippen LogP contribution in [0.3, 0.4) is 0 Å². The van der Waals surface area contributed by atoms with Gasteiger partial charge in [-0.15, -0.1) is 16.8 Å². The number of para-hydroxylation sites is 1. The lowest BCUT2D eigenvalue weighted by Crippen LogP contribution is -2.15. The molecule has 0 aliphatic carbocycles. The van der Waals surface area contributed by atoms with Gasteiger partial charge in [0.05, 0.1) is 36.9 Å². The predicted octanol–water partition coefficient (Wildman–Crippen LogP) is 6.09. The van der Waals surface area contributed by atoms with Gasteiger partial charge in [0.25, 0.3) is 0 Å². The molecule has 0 radical (unpaired) electrons. The zero-order chi connectivity index (χ0) is 27.2. The zero-order valence-electron chi connectivity index (χ0n) is 21.6. The zero-order valence-corrected chi connectivity index (χ0v) is 22.4. The number of methoxy groups -OCH3 is 2. The maximum absolute atomic E-state index is 12.8. The molecule has 0 aliphatic rings. The van der Waals surface area contributed by atoms with Gasteiger partial charge < -0.3 is 14.8 Å². The molecule has 0 fully saturated rings. The number of allylic oxidation sites excluding steroid dienone is 1. The van der Waals surface area contributed by atoms with E-state index in [0.717, 1.165) is 27.7 Å². The van der Waals surface area contributed by atoms with Crippen molar-refractivity contribution in [1.82, 2.24) is 19.7 Å². The van der Waals surface area contributed by atoms with Crippen LogP contribution < -0.4 is 14.8 Å². The molecule has 9 heteroatoms. The number of rotatable bonds is 10. The Labute approximate surface area is 230 Å². The molecule has 0 aliphatic heterocycles. The van der Waals surface area contributed by atoms with E-state index in [1.807, 2.05) is 65.2 Å². The average molecular weight is 538 g/mol. The van der Waals surface area contributed by atoms with Gasteiger partial charge in [-0.3, -0.25) is 9.36 Å². The smallest absolute Gasteiger partial charge is 0.234 e. The van der Waals surface area contributed by atoms with Crippen LogP contribution in [-0.4, -0.2) is 45.6 Å². The topological polar surface area (TPSA) is 91.2 Å². The minimum atomic E-state index is -0.195. The van der Waals surface area contributed by atoms with Crippen LogP contribution >= 0.6 is 11.8 Å². The number of amides is 1. The van der Waals surface area contributed by atoms with Crippen LogP contribution in [0.2, 0.25) is 0 Å². The summed E-state index contributed by atoms with van der Waals surface area (Å²) >= 11 is 1.31. The van der Waals surface area contributed by atoms with Crippen molar-refractivity contribution < 1.29 is 14.3 Å². The van der Waals surface area contributed by atoms with E-state index in [9.17, 15) is 4.79 Å². The first-order chi connectivity index (χ1) is 19.1. The largest absolute Gasteiger partial charge is 0.497 e. The van der Waals surface area contributed by atoms with Gasteiger partial charge in [-0.25, -0.2) is 4.98 Å². The molecule has 2 aromatic heterocycles. The molecule has 0 saturated carbocycles. The lowest BCUT2D eigenvalue weighted by Gasteiger charge is -2.13. The number of benzene rings is 3. The number of ether oxygens (including phenoxy) is 2. The van der Waals surface area contributed by atoms with Crippen molar-refractivity contribution in [2.75, 3.05) is 25.3 Å². The summed E-state index contributed by atoms with van der Waals surface area (Å²) < 4.78 is 12.6. The van der Waals surface area contributed by atoms with Crippen LogP contribution in [-0.2, 0) is 11.3 Å². The first-order valence-corrected chi connectivity index (χ1v) is 13.2. The van der Waals surface area contributed by atoms with Crippen molar-refractivity contribution in [1.29, 1.82) is 0 Å². The number of carbonyl (C=O) groups is 1. The van der Waals surface area contributed by atoms with E-state index in [4.69, 9.17) is 14.5 Å². The Morgan fingerprint density at radius 1 is 1.00 bits per heavy atom. The van der Waals surface area contributed by atoms with Crippen LogP contribution in [0.15, 0.2) is 96.7 Å². The van der Waals surface area contributed by atoms with Gasteiger partial charge >= 0.3 is 0 Å². The summed E-state index contributed by atoms with van der Waals surface area (Å²) in [5.74, 6) is 1.79. The van der Waals surface area contributed by atoms with Crippen molar-refractivity contribution in [2.45, 2.75) is 11.7 Å². The number of aromatic nitrogens is 4. The summed E-state index contributed by atoms with van der Waals surface area (Å²) in [7, 11) is 3.12. The fourth-order valence-electron chi connectivity index (χ4n) is 4.22. The molecule has 0 spiro atoms. The second-order valence-corrected chi connectivity index (χ2v) is 9.49. The molecule has 1 amide bonds. The molecule has 5 aromatic rings. The molecule has 0 atom stereocenters. The van der Waals surface area contributed by atoms with Crippen molar-refractivity contribution in [2.24, 2.45) is 0 Å². The minimum Gasteiger partial charge on any atom is -0.497 e. The Bertz CT molecular complexity index is 1640. The maximum Gasteiger partial charge on any atom is 0.234 e. The second kappa shape index (κ2) is 11.8. The van der Waals surface area contributed by atoms with Gasteiger partial charge in [-0.1, -0.05) is 66.4 Å². The highest BCUT2D eigenvalue weighted by Gasteiger charge is 2.19. The number of carbonyl (C=O) groups excluding carboxylic acids is 1. The number of thioether (sulfide) groups is 1. The van der Waals surface area contributed by atoms with Crippen LogP contribution in [0.25, 0.3) is 33.5 Å². The standard InChI is InChI=1S/C30H27N5O3S/c1-4-16-35-29(23-18-26(20-10-6-5-7-11-20)31-24-13-9-8-12-22(23)24)33-34-30(35)39-19-28(36)32-25-15-14-21(37-2)17-27(25)38-3/h4-15,17-18H,1,16,19H2,2-3H3,(H,32,36). The van der Waals surface area contributed by atoms with Gasteiger partial charge in [-0.05, 0) is 24.3 Å². The Morgan fingerprint density at radius 3 is 2.56 bits per heavy atom. The van der Waals surface area contributed by atoms with Gasteiger partial charge in [-0.2, -0.15) is 0 Å². The summed E-state index contributed by atoms with van der Waals surface area (Å²) in [5, 5.41) is 13.5. The number of fused-ring (bicyclic) bond motifs is 1. The highest BCUT2D eigenvalue weighted by molar-refractivity contribution is 7.99. The van der Waals surface area contributed by atoms with Gasteiger partial charge in [0, 0.05) is 29.1 Å². The molecule has 0 unspecified atom stereocenters. The SMILES string of the molecule is C=CCn1c(SCC(=O)Nc2ccc(OC)cc2OC)nnc1-c1cc(-c2ccccc2)nc2ccccc12. The van der Waals surface area contributed by atoms with Crippen molar-refractivity contribution >= 4 is 34.3 Å². The van der Waals surface area contributed by atoms with Gasteiger partial charge in [0.2, 0.25) is 5.91 Å². The summed E-state index contributed by atoms with van der Waals surface area (Å²) in [6, 6.07) is 25.3. The van der Waals surface area contributed by atoms with E-state index in [0.29, 0.717) is 34.7 Å². The minimum absolute atomic E-state index is 0.136. The Hall–Kier alpha value is -4.63. The second-order valence-electron chi connectivity index (χ2n) is 8.55. The highest BCUT2D eigenvalue weighted by atomic mass is 32.2. The first-order valence-electron chi connectivity index (χ1n) is 12.3. The van der Waals surface area contributed by atoms with Crippen LogP contribution in [0.1, 0.15) is 0 Å². The Balaban J connectivity index is 1.44. The van der Waals surface area contributed by atoms with Crippen molar-refractivity contribution in [3.8, 4) is 34.1 Å². The third-order valence-electron chi connectivity index (χ3n) is 6.07. The van der Waals surface area contributed by atoms with E-state index in [-0.39, 0.29) is 11.7 Å². The van der Waals surface area contributed by atoms with E-state index in [1.54, 1.807) is 38.5 Å². The Morgan fingerprint density at radius 2 is 1.79 bits per heavy atom. The lowest BCUT2D eigenvalue weighted by molar-refractivity contribution is -0.113. The number of hydrogen-bond acceptors (Lipinski definition) is 7. The van der Waals surface area contributed by atoms with E-state index >= 15 is 0 Å². The summed E-state index contributed by atoms with van der Waals surface area (Å²) in [6.45, 7) is 4.40. The van der Waals surface area contributed by atoms with Crippen molar-refractivity contribution in [3.05, 3.63) is 91.5 Å². The van der Waals surface area contributed by atoms with E-state index < -0.39 is 0 Å². The van der Waals surface area contributed by atoms with Crippen LogP contribution in [0.5, 0.6) is 11.5 Å².